The van der Waals surface area contributed by atoms with E-state index in [1.165, 1.54) is 0 Å². The maximum Gasteiger partial charge on any atom is 0.339 e. The van der Waals surface area contributed by atoms with Crippen LogP contribution in [-0.4, -0.2) is 28.7 Å². The number of carboxylic acid groups (broad SMARTS) is 1. The number of nitrogens with two attached hydrogens (primary N) is 2. The minimum Gasteiger partial charge on any atom is -0.478 e. The van der Waals surface area contributed by atoms with Gasteiger partial charge in [-0.15, -0.1) is 0 Å². The Balaban J connectivity index is 2.28. The number of benzene rings is 1. The monoisotopic (exact) mass is 407 g/mol. The fourth-order valence-electron chi connectivity index (χ4n) is 3.88. The number of aliphatic imine (C=N–C) groups is 2. The van der Waals surface area contributed by atoms with Crippen LogP contribution in [0.15, 0.2) is 20.5 Å². The van der Waals surface area contributed by atoms with Gasteiger partial charge < -0.3 is 16.6 Å². The predicted octanol–water partition coefficient (Wildman–Crippen LogP) is 2.87. The highest BCUT2D eigenvalue weighted by atomic mass is 79.9. The quantitative estimate of drug-likeness (QED) is 0.696. The van der Waals surface area contributed by atoms with E-state index >= 15 is 0 Å². The lowest BCUT2D eigenvalue weighted by Crippen LogP contribution is -2.59. The maximum absolute atomic E-state index is 12.0. The van der Waals surface area contributed by atoms with E-state index in [4.69, 9.17) is 11.5 Å². The minimum atomic E-state index is -1.02. The lowest BCUT2D eigenvalue weighted by molar-refractivity contribution is 0.0696. The van der Waals surface area contributed by atoms with Crippen LogP contribution >= 0.6 is 15.9 Å². The van der Waals surface area contributed by atoms with Crippen molar-refractivity contribution in [3.8, 4) is 0 Å². The van der Waals surface area contributed by atoms with Crippen LogP contribution in [0.25, 0.3) is 0 Å². The SMILES string of the molecule is Cc1cc(C)c(N2C(N)=NC(N)=NC23CCCCC3)c(C(=O)O)c1Br. The lowest BCUT2D eigenvalue weighted by Gasteiger charge is -2.46. The second kappa shape index (κ2) is 6.33. The molecule has 0 aromatic heterocycles. The zero-order chi connectivity index (χ0) is 18.4. The third kappa shape index (κ3) is 2.88. The van der Waals surface area contributed by atoms with Crippen LogP contribution in [0.5, 0.6) is 0 Å². The van der Waals surface area contributed by atoms with Gasteiger partial charge in [-0.2, -0.15) is 4.99 Å². The van der Waals surface area contributed by atoms with Crippen LogP contribution in [0.2, 0.25) is 0 Å². The molecule has 3 rings (SSSR count). The number of carbonyl (C=O) groups is 1. The fraction of sp³-hybridized carbons (Fsp3) is 0.471. The Labute approximate surface area is 154 Å². The molecule has 0 bridgehead atoms. The van der Waals surface area contributed by atoms with E-state index in [9.17, 15) is 9.90 Å². The molecule has 1 aromatic carbocycles. The summed E-state index contributed by atoms with van der Waals surface area (Å²) in [5.74, 6) is -0.679. The van der Waals surface area contributed by atoms with Gasteiger partial charge in [0.1, 0.15) is 5.66 Å². The van der Waals surface area contributed by atoms with Crippen LogP contribution in [-0.2, 0) is 0 Å². The second-order valence-corrected chi connectivity index (χ2v) is 7.46. The van der Waals surface area contributed by atoms with Crippen LogP contribution < -0.4 is 16.4 Å². The van der Waals surface area contributed by atoms with Gasteiger partial charge in [-0.1, -0.05) is 12.5 Å². The molecule has 134 valence electrons. The molecule has 0 saturated heterocycles. The zero-order valence-corrected chi connectivity index (χ0v) is 15.9. The molecule has 0 radical (unpaired) electrons. The second-order valence-electron chi connectivity index (χ2n) is 6.67. The molecule has 1 spiro atoms. The van der Waals surface area contributed by atoms with Crippen LogP contribution in [0.1, 0.15) is 53.6 Å². The van der Waals surface area contributed by atoms with Crippen molar-refractivity contribution in [2.45, 2.75) is 51.6 Å². The minimum absolute atomic E-state index is 0.149. The van der Waals surface area contributed by atoms with Crippen molar-refractivity contribution >= 4 is 39.5 Å². The molecule has 1 fully saturated rings. The van der Waals surface area contributed by atoms with E-state index in [2.05, 4.69) is 25.9 Å². The number of carboxylic acids is 1. The van der Waals surface area contributed by atoms with E-state index in [1.54, 1.807) is 4.90 Å². The first-order chi connectivity index (χ1) is 11.8. The number of aryl methyl sites for hydroxylation is 2. The van der Waals surface area contributed by atoms with Crippen molar-refractivity contribution in [1.82, 2.24) is 0 Å². The summed E-state index contributed by atoms with van der Waals surface area (Å²) in [7, 11) is 0. The molecule has 8 heteroatoms. The molecular formula is C17H22BrN5O2. The third-order valence-corrected chi connectivity index (χ3v) is 5.92. The Morgan fingerprint density at radius 2 is 1.88 bits per heavy atom. The number of hydrogen-bond donors (Lipinski definition) is 3. The number of guanidine groups is 2. The van der Waals surface area contributed by atoms with Gasteiger partial charge in [0.05, 0.1) is 11.3 Å². The molecule has 5 N–H and O–H groups in total. The van der Waals surface area contributed by atoms with Crippen LogP contribution in [0, 0.1) is 13.8 Å². The molecule has 25 heavy (non-hydrogen) atoms. The van der Waals surface area contributed by atoms with Gasteiger partial charge >= 0.3 is 5.97 Å². The van der Waals surface area contributed by atoms with Gasteiger partial charge in [0.25, 0.3) is 0 Å². The number of rotatable bonds is 2. The molecular weight excluding hydrogens is 386 g/mol. The highest BCUT2D eigenvalue weighted by Crippen LogP contribution is 2.43. The first-order valence-electron chi connectivity index (χ1n) is 8.29. The Bertz CT molecular complexity index is 797. The summed E-state index contributed by atoms with van der Waals surface area (Å²) in [6.45, 7) is 3.75. The Morgan fingerprint density at radius 3 is 2.48 bits per heavy atom. The van der Waals surface area contributed by atoms with Gasteiger partial charge in [-0.05, 0) is 66.6 Å². The lowest BCUT2D eigenvalue weighted by atomic mass is 9.86. The summed E-state index contributed by atoms with van der Waals surface area (Å²) < 4.78 is 0.543. The van der Waals surface area contributed by atoms with Gasteiger partial charge in [0.2, 0.25) is 11.9 Å². The molecule has 1 aliphatic heterocycles. The van der Waals surface area contributed by atoms with Crippen molar-refractivity contribution in [2.24, 2.45) is 21.5 Å². The van der Waals surface area contributed by atoms with Crippen molar-refractivity contribution in [3.05, 3.63) is 27.2 Å². The number of anilines is 1. The zero-order valence-electron chi connectivity index (χ0n) is 14.3. The average Bonchev–Trinajstić information content (AvgIpc) is 2.51. The van der Waals surface area contributed by atoms with Crippen LogP contribution in [0.3, 0.4) is 0 Å². The molecule has 0 atom stereocenters. The molecule has 1 saturated carbocycles. The first-order valence-corrected chi connectivity index (χ1v) is 9.09. The first kappa shape index (κ1) is 17.7. The largest absolute Gasteiger partial charge is 0.478 e. The fourth-order valence-corrected chi connectivity index (χ4v) is 4.35. The van der Waals surface area contributed by atoms with E-state index in [0.717, 1.165) is 43.2 Å². The van der Waals surface area contributed by atoms with Crippen LogP contribution in [0.4, 0.5) is 5.69 Å². The molecule has 1 aromatic rings. The van der Waals surface area contributed by atoms with Gasteiger partial charge in [0, 0.05) is 4.47 Å². The van der Waals surface area contributed by atoms with Crippen molar-refractivity contribution in [3.63, 3.8) is 0 Å². The molecule has 7 nitrogen and oxygen atoms in total. The molecule has 0 amide bonds. The standard InChI is InChI=1S/C17H22BrN5O2/c1-9-8-10(2)13(11(12(9)18)14(24)25)23-16(20)21-15(19)22-17(23)6-4-3-5-7-17/h8H,3-7H2,1-2H3,(H,24,25)(H4,19,20,21,22). The summed E-state index contributed by atoms with van der Waals surface area (Å²) in [5, 5.41) is 9.85. The van der Waals surface area contributed by atoms with E-state index < -0.39 is 11.6 Å². The van der Waals surface area contributed by atoms with Gasteiger partial charge in [-0.25, -0.2) is 9.79 Å². The van der Waals surface area contributed by atoms with Crippen molar-refractivity contribution < 1.29 is 9.90 Å². The molecule has 1 aliphatic carbocycles. The van der Waals surface area contributed by atoms with Crippen molar-refractivity contribution in [1.29, 1.82) is 0 Å². The van der Waals surface area contributed by atoms with E-state index in [0.29, 0.717) is 10.2 Å². The highest BCUT2D eigenvalue weighted by molar-refractivity contribution is 9.10. The van der Waals surface area contributed by atoms with Crippen molar-refractivity contribution in [2.75, 3.05) is 4.90 Å². The van der Waals surface area contributed by atoms with E-state index in [-0.39, 0.29) is 17.5 Å². The Hall–Kier alpha value is -2.09. The van der Waals surface area contributed by atoms with Gasteiger partial charge in [-0.3, -0.25) is 4.90 Å². The summed E-state index contributed by atoms with van der Waals surface area (Å²) in [6.07, 6.45) is 4.59. The maximum atomic E-state index is 12.0. The topological polar surface area (TPSA) is 117 Å². The number of hydrogen-bond acceptors (Lipinski definition) is 6. The summed E-state index contributed by atoms with van der Waals surface area (Å²) in [6, 6.07) is 1.94. The Kier molecular flexibility index (Phi) is 4.49. The number of nitrogens with zero attached hydrogens (tertiary/aromatic N) is 3. The molecule has 0 unspecified atom stereocenters. The van der Waals surface area contributed by atoms with E-state index in [1.807, 2.05) is 19.9 Å². The number of halogens is 1. The normalized spacial score (nSPS) is 19.6. The summed E-state index contributed by atoms with van der Waals surface area (Å²) in [5.41, 5.74) is 13.8. The summed E-state index contributed by atoms with van der Waals surface area (Å²) in [4.78, 5) is 22.6. The smallest absolute Gasteiger partial charge is 0.339 e. The summed E-state index contributed by atoms with van der Waals surface area (Å²) >= 11 is 3.43. The van der Waals surface area contributed by atoms with Gasteiger partial charge in [0.15, 0.2) is 0 Å². The third-order valence-electron chi connectivity index (χ3n) is 4.90. The highest BCUT2D eigenvalue weighted by Gasteiger charge is 2.44. The average molecular weight is 408 g/mol. The predicted molar refractivity (Wildman–Crippen MR) is 102 cm³/mol. The number of aromatic carboxylic acids is 1. The molecule has 2 aliphatic rings. The Morgan fingerprint density at radius 1 is 1.24 bits per heavy atom. The molecule has 1 heterocycles.